The van der Waals surface area contributed by atoms with Crippen LogP contribution in [0.25, 0.3) is 0 Å². The van der Waals surface area contributed by atoms with Crippen molar-refractivity contribution < 1.29 is 18.7 Å². The maximum absolute atomic E-state index is 13.1. The van der Waals surface area contributed by atoms with Gasteiger partial charge in [-0.1, -0.05) is 18.2 Å². The molecule has 2 aromatic rings. The molecule has 6 heteroatoms. The van der Waals surface area contributed by atoms with Gasteiger partial charge in [-0.25, -0.2) is 9.18 Å². The molecule has 0 saturated carbocycles. The Morgan fingerprint density at radius 3 is 2.68 bits per heavy atom. The molecule has 1 saturated heterocycles. The number of benzene rings is 2. The highest BCUT2D eigenvalue weighted by molar-refractivity contribution is 5.96. The summed E-state index contributed by atoms with van der Waals surface area (Å²) >= 11 is 0. The number of carbonyl (C=O) groups is 2. The van der Waals surface area contributed by atoms with Gasteiger partial charge in [0.2, 0.25) is 5.91 Å². The van der Waals surface area contributed by atoms with E-state index in [1.807, 2.05) is 6.92 Å². The highest BCUT2D eigenvalue weighted by Crippen LogP contribution is 2.23. The summed E-state index contributed by atoms with van der Waals surface area (Å²) < 4.78 is 17.8. The van der Waals surface area contributed by atoms with Crippen molar-refractivity contribution in [3.05, 3.63) is 65.0 Å². The first-order chi connectivity index (χ1) is 13.5. The molecule has 148 valence electrons. The van der Waals surface area contributed by atoms with Gasteiger partial charge in [-0.05, 0) is 61.7 Å². The van der Waals surface area contributed by atoms with E-state index >= 15 is 0 Å². The number of rotatable bonds is 5. The van der Waals surface area contributed by atoms with Crippen molar-refractivity contribution >= 4 is 17.6 Å². The first-order valence-corrected chi connectivity index (χ1v) is 9.43. The topological polar surface area (TPSA) is 58.6 Å². The maximum atomic E-state index is 13.1. The second-order valence-electron chi connectivity index (χ2n) is 7.21. The van der Waals surface area contributed by atoms with Crippen LogP contribution in [-0.2, 0) is 16.1 Å². The van der Waals surface area contributed by atoms with E-state index in [-0.39, 0.29) is 17.6 Å². The monoisotopic (exact) mass is 384 g/mol. The van der Waals surface area contributed by atoms with E-state index in [1.165, 1.54) is 19.2 Å². The molecule has 1 heterocycles. The second kappa shape index (κ2) is 8.97. The molecule has 0 spiro atoms. The zero-order chi connectivity index (χ0) is 20.1. The van der Waals surface area contributed by atoms with Gasteiger partial charge in [0.15, 0.2) is 0 Å². The summed E-state index contributed by atoms with van der Waals surface area (Å²) in [5.41, 5.74) is 2.96. The molecule has 1 fully saturated rings. The standard InChI is InChI=1S/C22H25FN2O3/c1-15-5-8-17(22(27)28-2)12-20(15)24-21(26)18-4-3-11-25(14-18)13-16-6-9-19(23)10-7-16/h5-10,12,18H,3-4,11,13-14H2,1-2H3,(H,24,26)/t18-/m1/s1. The van der Waals surface area contributed by atoms with Crippen molar-refractivity contribution in [1.82, 2.24) is 4.90 Å². The predicted octanol–water partition coefficient (Wildman–Crippen LogP) is 3.77. The fraction of sp³-hybridized carbons (Fsp3) is 0.364. The smallest absolute Gasteiger partial charge is 0.337 e. The van der Waals surface area contributed by atoms with Gasteiger partial charge in [-0.3, -0.25) is 9.69 Å². The van der Waals surface area contributed by atoms with Crippen molar-refractivity contribution in [3.63, 3.8) is 0 Å². The van der Waals surface area contributed by atoms with Crippen LogP contribution in [-0.4, -0.2) is 37.0 Å². The van der Waals surface area contributed by atoms with Gasteiger partial charge < -0.3 is 10.1 Å². The van der Waals surface area contributed by atoms with Crippen molar-refractivity contribution in [1.29, 1.82) is 0 Å². The molecule has 0 bridgehead atoms. The van der Waals surface area contributed by atoms with E-state index in [2.05, 4.69) is 10.2 Å². The number of hydrogen-bond donors (Lipinski definition) is 1. The molecule has 0 aromatic heterocycles. The fourth-order valence-electron chi connectivity index (χ4n) is 3.50. The summed E-state index contributed by atoms with van der Waals surface area (Å²) in [6.45, 7) is 4.15. The summed E-state index contributed by atoms with van der Waals surface area (Å²) in [5.74, 6) is -0.854. The Balaban J connectivity index is 1.64. The number of aryl methyl sites for hydroxylation is 1. The third-order valence-corrected chi connectivity index (χ3v) is 5.11. The number of piperidine rings is 1. The van der Waals surface area contributed by atoms with Crippen molar-refractivity contribution in [2.24, 2.45) is 5.92 Å². The lowest BCUT2D eigenvalue weighted by atomic mass is 9.96. The zero-order valence-electron chi connectivity index (χ0n) is 16.2. The number of nitrogens with zero attached hydrogens (tertiary/aromatic N) is 1. The number of ether oxygens (including phenoxy) is 1. The summed E-state index contributed by atoms with van der Waals surface area (Å²) in [6.07, 6.45) is 1.75. The number of hydrogen-bond acceptors (Lipinski definition) is 4. The molecule has 2 aromatic carbocycles. The average molecular weight is 384 g/mol. The molecule has 0 radical (unpaired) electrons. The van der Waals surface area contributed by atoms with Crippen molar-refractivity contribution in [3.8, 4) is 0 Å². The first kappa shape index (κ1) is 20.0. The number of anilines is 1. The molecule has 0 aliphatic carbocycles. The number of halogens is 1. The minimum atomic E-state index is -0.432. The Labute approximate surface area is 164 Å². The van der Waals surface area contributed by atoms with Gasteiger partial charge in [-0.2, -0.15) is 0 Å². The van der Waals surface area contributed by atoms with Crippen LogP contribution in [0, 0.1) is 18.7 Å². The lowest BCUT2D eigenvalue weighted by Crippen LogP contribution is -2.40. The van der Waals surface area contributed by atoms with Crippen molar-refractivity contribution in [2.45, 2.75) is 26.3 Å². The molecular formula is C22H25FN2O3. The quantitative estimate of drug-likeness (QED) is 0.798. The van der Waals surface area contributed by atoms with Crippen LogP contribution in [0.2, 0.25) is 0 Å². The van der Waals surface area contributed by atoms with Gasteiger partial charge in [0.1, 0.15) is 5.82 Å². The lowest BCUT2D eigenvalue weighted by Gasteiger charge is -2.32. The summed E-state index contributed by atoms with van der Waals surface area (Å²) in [5, 5.41) is 2.97. The average Bonchev–Trinajstić information content (AvgIpc) is 2.71. The van der Waals surface area contributed by atoms with Crippen LogP contribution in [0.3, 0.4) is 0 Å². The highest BCUT2D eigenvalue weighted by atomic mass is 19.1. The Morgan fingerprint density at radius 2 is 1.96 bits per heavy atom. The summed E-state index contributed by atoms with van der Waals surface area (Å²) in [7, 11) is 1.33. The van der Waals surface area contributed by atoms with E-state index in [0.29, 0.717) is 24.3 Å². The van der Waals surface area contributed by atoms with E-state index < -0.39 is 5.97 Å². The SMILES string of the molecule is COC(=O)c1ccc(C)c(NC(=O)[C@@H]2CCCN(Cc3ccc(F)cc3)C2)c1. The van der Waals surface area contributed by atoms with Crippen LogP contribution in [0.1, 0.15) is 34.3 Å². The fourth-order valence-corrected chi connectivity index (χ4v) is 3.50. The predicted molar refractivity (Wildman–Crippen MR) is 106 cm³/mol. The lowest BCUT2D eigenvalue weighted by molar-refractivity contribution is -0.121. The zero-order valence-corrected chi connectivity index (χ0v) is 16.2. The number of likely N-dealkylation sites (tertiary alicyclic amines) is 1. The third kappa shape index (κ3) is 4.95. The molecule has 1 amide bonds. The van der Waals surface area contributed by atoms with Crippen LogP contribution in [0.15, 0.2) is 42.5 Å². The van der Waals surface area contributed by atoms with Gasteiger partial charge in [0.25, 0.3) is 0 Å². The van der Waals surface area contributed by atoms with Gasteiger partial charge in [-0.15, -0.1) is 0 Å². The number of carbonyl (C=O) groups excluding carboxylic acids is 2. The Kier molecular flexibility index (Phi) is 6.41. The van der Waals surface area contributed by atoms with E-state index in [0.717, 1.165) is 30.5 Å². The Morgan fingerprint density at radius 1 is 1.21 bits per heavy atom. The number of methoxy groups -OCH3 is 1. The normalized spacial score (nSPS) is 17.2. The molecular weight excluding hydrogens is 359 g/mol. The molecule has 1 aliphatic rings. The largest absolute Gasteiger partial charge is 0.465 e. The first-order valence-electron chi connectivity index (χ1n) is 9.43. The van der Waals surface area contributed by atoms with E-state index in [1.54, 1.807) is 30.3 Å². The Hall–Kier alpha value is -2.73. The van der Waals surface area contributed by atoms with Crippen LogP contribution < -0.4 is 5.32 Å². The molecule has 0 unspecified atom stereocenters. The molecule has 28 heavy (non-hydrogen) atoms. The van der Waals surface area contributed by atoms with Crippen LogP contribution in [0.5, 0.6) is 0 Å². The Bertz CT molecular complexity index is 851. The highest BCUT2D eigenvalue weighted by Gasteiger charge is 2.26. The van der Waals surface area contributed by atoms with Crippen molar-refractivity contribution in [2.75, 3.05) is 25.5 Å². The van der Waals surface area contributed by atoms with E-state index in [4.69, 9.17) is 4.74 Å². The second-order valence-corrected chi connectivity index (χ2v) is 7.21. The van der Waals surface area contributed by atoms with E-state index in [9.17, 15) is 14.0 Å². The minimum Gasteiger partial charge on any atom is -0.465 e. The number of amides is 1. The molecule has 1 atom stereocenters. The third-order valence-electron chi connectivity index (χ3n) is 5.11. The maximum Gasteiger partial charge on any atom is 0.337 e. The number of nitrogens with one attached hydrogen (secondary N) is 1. The van der Waals surface area contributed by atoms with Crippen LogP contribution in [0.4, 0.5) is 10.1 Å². The van der Waals surface area contributed by atoms with Gasteiger partial charge in [0, 0.05) is 18.8 Å². The van der Waals surface area contributed by atoms with Crippen LogP contribution >= 0.6 is 0 Å². The molecule has 1 aliphatic heterocycles. The summed E-state index contributed by atoms with van der Waals surface area (Å²) in [4.78, 5) is 26.8. The van der Waals surface area contributed by atoms with Gasteiger partial charge in [0.05, 0.1) is 18.6 Å². The van der Waals surface area contributed by atoms with Gasteiger partial charge >= 0.3 is 5.97 Å². The molecule has 5 nitrogen and oxygen atoms in total. The minimum absolute atomic E-state index is 0.0473. The number of esters is 1. The molecule has 3 rings (SSSR count). The summed E-state index contributed by atoms with van der Waals surface area (Å²) in [6, 6.07) is 11.6. The molecule has 1 N–H and O–H groups in total.